The van der Waals surface area contributed by atoms with Crippen molar-refractivity contribution in [3.05, 3.63) is 54.3 Å². The molecule has 4 nitrogen and oxygen atoms in total. The Bertz CT molecular complexity index is 458. The van der Waals surface area contributed by atoms with Gasteiger partial charge in [-0.2, -0.15) is 0 Å². The Labute approximate surface area is 99.3 Å². The van der Waals surface area contributed by atoms with E-state index in [1.165, 1.54) is 25.1 Å². The molecule has 1 aromatic carbocycles. The summed E-state index contributed by atoms with van der Waals surface area (Å²) in [6.45, 7) is 1.47. The summed E-state index contributed by atoms with van der Waals surface area (Å²) in [5, 5.41) is 11.6. The van der Waals surface area contributed by atoms with E-state index in [0.717, 1.165) is 5.69 Å². The third-order valence-electron chi connectivity index (χ3n) is 1.92. The molecule has 0 saturated carbocycles. The van der Waals surface area contributed by atoms with Gasteiger partial charge in [-0.1, -0.05) is 6.08 Å². The van der Waals surface area contributed by atoms with Crippen LogP contribution in [0.2, 0.25) is 0 Å². The third-order valence-corrected chi connectivity index (χ3v) is 1.92. The fourth-order valence-electron chi connectivity index (χ4n) is 1.10. The number of carboxylic acids is 1. The minimum atomic E-state index is -0.948. The predicted molar refractivity (Wildman–Crippen MR) is 66.0 cm³/mol. The normalized spacial score (nSPS) is 10.9. The molecule has 0 unspecified atom stereocenters. The molecular formula is C13H13NO3. The summed E-state index contributed by atoms with van der Waals surface area (Å²) in [4.78, 5) is 21.2. The number of carbonyl (C=O) groups is 2. The number of allylic oxidation sites excluding steroid dienone is 3. The van der Waals surface area contributed by atoms with Crippen LogP contribution in [0.4, 0.5) is 5.69 Å². The smallest absolute Gasteiger partial charge is 0.335 e. The van der Waals surface area contributed by atoms with Gasteiger partial charge in [-0.3, -0.25) is 4.79 Å². The summed E-state index contributed by atoms with van der Waals surface area (Å²) in [6, 6.07) is 6.37. The number of anilines is 1. The number of aromatic carboxylic acids is 1. The number of hydrogen-bond donors (Lipinski definition) is 2. The van der Waals surface area contributed by atoms with Crippen LogP contribution in [0.3, 0.4) is 0 Å². The zero-order valence-corrected chi connectivity index (χ0v) is 9.38. The van der Waals surface area contributed by atoms with E-state index in [-0.39, 0.29) is 11.3 Å². The first-order valence-electron chi connectivity index (χ1n) is 5.03. The molecule has 0 amide bonds. The maximum Gasteiger partial charge on any atom is 0.335 e. The Morgan fingerprint density at radius 3 is 2.35 bits per heavy atom. The molecular weight excluding hydrogens is 218 g/mol. The van der Waals surface area contributed by atoms with Crippen molar-refractivity contribution in [3.63, 3.8) is 0 Å². The van der Waals surface area contributed by atoms with E-state index in [0.29, 0.717) is 0 Å². The van der Waals surface area contributed by atoms with E-state index < -0.39 is 5.97 Å². The van der Waals surface area contributed by atoms with E-state index in [1.807, 2.05) is 0 Å². The van der Waals surface area contributed by atoms with Crippen LogP contribution in [-0.4, -0.2) is 16.9 Å². The minimum Gasteiger partial charge on any atom is -0.478 e. The Morgan fingerprint density at radius 2 is 1.82 bits per heavy atom. The molecule has 0 aliphatic heterocycles. The van der Waals surface area contributed by atoms with Crippen molar-refractivity contribution in [2.75, 3.05) is 5.32 Å². The number of carbonyl (C=O) groups excluding carboxylic acids is 1. The van der Waals surface area contributed by atoms with Gasteiger partial charge in [0.2, 0.25) is 0 Å². The molecule has 0 radical (unpaired) electrons. The van der Waals surface area contributed by atoms with Crippen molar-refractivity contribution in [1.29, 1.82) is 0 Å². The maximum atomic E-state index is 10.6. The lowest BCUT2D eigenvalue weighted by atomic mass is 10.2. The second-order valence-electron chi connectivity index (χ2n) is 3.36. The summed E-state index contributed by atoms with van der Waals surface area (Å²) in [7, 11) is 0. The SMILES string of the molecule is CC(=O)/C=C/C=C/Nc1ccc(C(=O)O)cc1. The zero-order chi connectivity index (χ0) is 12.7. The molecule has 0 atom stereocenters. The van der Waals surface area contributed by atoms with Gasteiger partial charge in [-0.15, -0.1) is 0 Å². The topological polar surface area (TPSA) is 66.4 Å². The van der Waals surface area contributed by atoms with Crippen molar-refractivity contribution in [1.82, 2.24) is 0 Å². The highest BCUT2D eigenvalue weighted by Crippen LogP contribution is 2.09. The molecule has 17 heavy (non-hydrogen) atoms. The molecule has 1 rings (SSSR count). The van der Waals surface area contributed by atoms with Gasteiger partial charge in [0, 0.05) is 11.9 Å². The molecule has 0 bridgehead atoms. The van der Waals surface area contributed by atoms with Gasteiger partial charge < -0.3 is 10.4 Å². The highest BCUT2D eigenvalue weighted by molar-refractivity contribution is 5.88. The van der Waals surface area contributed by atoms with Gasteiger partial charge in [0.15, 0.2) is 5.78 Å². The monoisotopic (exact) mass is 231 g/mol. The van der Waals surface area contributed by atoms with Gasteiger partial charge in [-0.25, -0.2) is 4.79 Å². The summed E-state index contributed by atoms with van der Waals surface area (Å²) in [5.74, 6) is -0.961. The van der Waals surface area contributed by atoms with Crippen LogP contribution in [0, 0.1) is 0 Å². The number of hydrogen-bond acceptors (Lipinski definition) is 3. The number of rotatable bonds is 5. The maximum absolute atomic E-state index is 10.6. The fourth-order valence-corrected chi connectivity index (χ4v) is 1.10. The summed E-state index contributed by atoms with van der Waals surface area (Å²) in [6.07, 6.45) is 6.42. The van der Waals surface area contributed by atoms with Crippen LogP contribution < -0.4 is 5.32 Å². The zero-order valence-electron chi connectivity index (χ0n) is 9.38. The summed E-state index contributed by atoms with van der Waals surface area (Å²) < 4.78 is 0. The van der Waals surface area contributed by atoms with Crippen molar-refractivity contribution in [2.24, 2.45) is 0 Å². The van der Waals surface area contributed by atoms with Crippen LogP contribution in [0.25, 0.3) is 0 Å². The van der Waals surface area contributed by atoms with Gasteiger partial charge >= 0.3 is 5.97 Å². The second kappa shape index (κ2) is 6.27. The van der Waals surface area contributed by atoms with E-state index in [2.05, 4.69) is 5.32 Å². The Kier molecular flexibility index (Phi) is 4.69. The Balaban J connectivity index is 2.53. The summed E-state index contributed by atoms with van der Waals surface area (Å²) >= 11 is 0. The summed E-state index contributed by atoms with van der Waals surface area (Å²) in [5.41, 5.74) is 1.03. The lowest BCUT2D eigenvalue weighted by Crippen LogP contribution is -1.95. The van der Waals surface area contributed by atoms with E-state index >= 15 is 0 Å². The van der Waals surface area contributed by atoms with Crippen LogP contribution >= 0.6 is 0 Å². The first kappa shape index (κ1) is 12.7. The van der Waals surface area contributed by atoms with Gasteiger partial charge in [0.1, 0.15) is 0 Å². The number of benzene rings is 1. The van der Waals surface area contributed by atoms with Gasteiger partial charge in [0.05, 0.1) is 5.56 Å². The highest BCUT2D eigenvalue weighted by Gasteiger charge is 1.99. The first-order chi connectivity index (χ1) is 8.09. The average Bonchev–Trinajstić information content (AvgIpc) is 2.29. The second-order valence-corrected chi connectivity index (χ2v) is 3.36. The quantitative estimate of drug-likeness (QED) is 0.603. The molecule has 0 aliphatic rings. The van der Waals surface area contributed by atoms with Gasteiger partial charge in [-0.05, 0) is 43.3 Å². The molecule has 0 fully saturated rings. The fraction of sp³-hybridized carbons (Fsp3) is 0.0769. The van der Waals surface area contributed by atoms with Crippen LogP contribution in [-0.2, 0) is 4.79 Å². The largest absolute Gasteiger partial charge is 0.478 e. The molecule has 2 N–H and O–H groups in total. The predicted octanol–water partition coefficient (Wildman–Crippen LogP) is 2.46. The molecule has 4 heteroatoms. The van der Waals surface area contributed by atoms with E-state index in [4.69, 9.17) is 5.11 Å². The van der Waals surface area contributed by atoms with Crippen molar-refractivity contribution >= 4 is 17.4 Å². The number of carboxylic acid groups (broad SMARTS) is 1. The average molecular weight is 231 g/mol. The van der Waals surface area contributed by atoms with Crippen LogP contribution in [0.5, 0.6) is 0 Å². The third kappa shape index (κ3) is 4.79. The van der Waals surface area contributed by atoms with Crippen molar-refractivity contribution < 1.29 is 14.7 Å². The Morgan fingerprint density at radius 1 is 1.18 bits per heavy atom. The minimum absolute atomic E-state index is 0.0135. The molecule has 0 aromatic heterocycles. The molecule has 88 valence electrons. The lowest BCUT2D eigenvalue weighted by Gasteiger charge is -2.00. The van der Waals surface area contributed by atoms with E-state index in [1.54, 1.807) is 30.5 Å². The molecule has 0 saturated heterocycles. The van der Waals surface area contributed by atoms with Gasteiger partial charge in [0.25, 0.3) is 0 Å². The first-order valence-corrected chi connectivity index (χ1v) is 5.03. The number of nitrogens with one attached hydrogen (secondary N) is 1. The highest BCUT2D eigenvalue weighted by atomic mass is 16.4. The molecule has 0 spiro atoms. The van der Waals surface area contributed by atoms with Crippen LogP contribution in [0.15, 0.2) is 48.7 Å². The Hall–Kier alpha value is -2.36. The van der Waals surface area contributed by atoms with Crippen LogP contribution in [0.1, 0.15) is 17.3 Å². The number of ketones is 1. The van der Waals surface area contributed by atoms with Crippen molar-refractivity contribution in [2.45, 2.75) is 6.92 Å². The molecule has 1 aromatic rings. The standard InChI is InChI=1S/C13H13NO3/c1-10(15)4-2-3-9-14-12-7-5-11(6-8-12)13(16)17/h2-9,14H,1H3,(H,16,17)/b4-2+,9-3+. The van der Waals surface area contributed by atoms with E-state index in [9.17, 15) is 9.59 Å². The lowest BCUT2D eigenvalue weighted by molar-refractivity contribution is -0.112. The molecule has 0 heterocycles. The molecule has 0 aliphatic carbocycles. The van der Waals surface area contributed by atoms with Crippen molar-refractivity contribution in [3.8, 4) is 0 Å².